The number of fused-ring (bicyclic) bond motifs is 1. The second-order valence-electron chi connectivity index (χ2n) is 6.81. The van der Waals surface area contributed by atoms with Crippen LogP contribution in [-0.4, -0.2) is 40.0 Å². The highest BCUT2D eigenvalue weighted by Crippen LogP contribution is 2.47. The Morgan fingerprint density at radius 2 is 2.19 bits per heavy atom. The van der Waals surface area contributed by atoms with Gasteiger partial charge in [0.25, 0.3) is 0 Å². The van der Waals surface area contributed by atoms with Gasteiger partial charge in [-0.05, 0) is 38.0 Å². The van der Waals surface area contributed by atoms with E-state index >= 15 is 0 Å². The van der Waals surface area contributed by atoms with Crippen molar-refractivity contribution in [3.05, 3.63) is 23.8 Å². The molecule has 9 heteroatoms. The molecule has 0 aliphatic carbocycles. The molecule has 2 amide bonds. The summed E-state index contributed by atoms with van der Waals surface area (Å²) in [5, 5.41) is 2.55. The smallest absolute Gasteiger partial charge is 0.416 e. The van der Waals surface area contributed by atoms with E-state index in [-0.39, 0.29) is 17.3 Å². The Balaban J connectivity index is 1.85. The Morgan fingerprint density at radius 1 is 1.44 bits per heavy atom. The predicted octanol–water partition coefficient (Wildman–Crippen LogP) is 3.89. The van der Waals surface area contributed by atoms with Gasteiger partial charge in [0.2, 0.25) is 11.8 Å². The summed E-state index contributed by atoms with van der Waals surface area (Å²) in [5.74, 6) is -0.00582. The van der Waals surface area contributed by atoms with Crippen molar-refractivity contribution in [2.75, 3.05) is 17.7 Å². The van der Waals surface area contributed by atoms with Crippen LogP contribution in [0.25, 0.3) is 0 Å². The molecule has 3 rings (SSSR count). The molecule has 0 aromatic heterocycles. The summed E-state index contributed by atoms with van der Waals surface area (Å²) >= 11 is 1.52. The van der Waals surface area contributed by atoms with Crippen LogP contribution in [0.1, 0.15) is 38.7 Å². The zero-order chi connectivity index (χ0) is 19.8. The van der Waals surface area contributed by atoms with E-state index in [1.54, 1.807) is 4.90 Å². The molecule has 0 saturated carbocycles. The molecule has 1 aromatic rings. The fourth-order valence-electron chi connectivity index (χ4n) is 3.37. The van der Waals surface area contributed by atoms with Gasteiger partial charge in [-0.25, -0.2) is 0 Å². The molecule has 2 saturated heterocycles. The van der Waals surface area contributed by atoms with Crippen LogP contribution in [0.2, 0.25) is 0 Å². The van der Waals surface area contributed by atoms with E-state index in [0.717, 1.165) is 12.1 Å². The van der Waals surface area contributed by atoms with Gasteiger partial charge in [0.1, 0.15) is 11.8 Å². The van der Waals surface area contributed by atoms with Crippen LogP contribution in [0.4, 0.5) is 18.9 Å². The number of halogens is 3. The number of hydrogen-bond acceptors (Lipinski definition) is 4. The van der Waals surface area contributed by atoms with Crippen LogP contribution in [0.15, 0.2) is 18.2 Å². The third-order valence-electron chi connectivity index (χ3n) is 4.77. The average molecular weight is 402 g/mol. The van der Waals surface area contributed by atoms with Crippen LogP contribution in [0.3, 0.4) is 0 Å². The maximum Gasteiger partial charge on any atom is 0.416 e. The van der Waals surface area contributed by atoms with Gasteiger partial charge < -0.3 is 15.0 Å². The van der Waals surface area contributed by atoms with Crippen molar-refractivity contribution in [3.8, 4) is 5.75 Å². The van der Waals surface area contributed by atoms with E-state index < -0.39 is 28.6 Å². The highest BCUT2D eigenvalue weighted by molar-refractivity contribution is 8.01. The average Bonchev–Trinajstić information content (AvgIpc) is 3.09. The third kappa shape index (κ3) is 3.88. The molecule has 2 fully saturated rings. The first kappa shape index (κ1) is 19.9. The van der Waals surface area contributed by atoms with Gasteiger partial charge in [-0.1, -0.05) is 6.92 Å². The van der Waals surface area contributed by atoms with E-state index in [1.807, 2.05) is 13.8 Å². The summed E-state index contributed by atoms with van der Waals surface area (Å²) in [6.07, 6.45) is -2.82. The lowest BCUT2D eigenvalue weighted by atomic mass is 10.1. The summed E-state index contributed by atoms with van der Waals surface area (Å²) in [5.41, 5.74) is -0.905. The molecular weight excluding hydrogens is 381 g/mol. The summed E-state index contributed by atoms with van der Waals surface area (Å²) in [6, 6.07) is 2.30. The molecule has 0 radical (unpaired) electrons. The molecule has 27 heavy (non-hydrogen) atoms. The van der Waals surface area contributed by atoms with Crippen LogP contribution in [0.5, 0.6) is 5.75 Å². The highest BCUT2D eigenvalue weighted by atomic mass is 32.2. The van der Waals surface area contributed by atoms with E-state index in [2.05, 4.69) is 5.32 Å². The van der Waals surface area contributed by atoms with Crippen LogP contribution < -0.4 is 10.1 Å². The minimum absolute atomic E-state index is 0.0338. The second kappa shape index (κ2) is 7.26. The quantitative estimate of drug-likeness (QED) is 0.812. The molecule has 0 bridgehead atoms. The van der Waals surface area contributed by atoms with Gasteiger partial charge in [-0.3, -0.25) is 9.59 Å². The predicted molar refractivity (Wildman–Crippen MR) is 96.6 cm³/mol. The summed E-state index contributed by atoms with van der Waals surface area (Å²) in [7, 11) is 0. The summed E-state index contributed by atoms with van der Waals surface area (Å²) in [4.78, 5) is 26.1. The topological polar surface area (TPSA) is 58.6 Å². The number of alkyl halides is 3. The number of anilines is 1. The maximum atomic E-state index is 13.1. The minimum atomic E-state index is -4.53. The van der Waals surface area contributed by atoms with Crippen molar-refractivity contribution in [1.82, 2.24) is 4.90 Å². The van der Waals surface area contributed by atoms with Crippen LogP contribution in [-0.2, 0) is 15.8 Å². The molecule has 5 nitrogen and oxygen atoms in total. The number of carbonyl (C=O) groups is 2. The van der Waals surface area contributed by atoms with Gasteiger partial charge in [-0.2, -0.15) is 13.2 Å². The molecule has 0 spiro atoms. The Hall–Kier alpha value is -1.90. The van der Waals surface area contributed by atoms with Gasteiger partial charge in [-0.15, -0.1) is 11.8 Å². The van der Waals surface area contributed by atoms with Crippen molar-refractivity contribution in [2.45, 2.75) is 50.2 Å². The summed E-state index contributed by atoms with van der Waals surface area (Å²) < 4.78 is 44.7. The second-order valence-corrected chi connectivity index (χ2v) is 8.31. The van der Waals surface area contributed by atoms with Crippen LogP contribution >= 0.6 is 11.8 Å². The Kier molecular flexibility index (Phi) is 5.33. The number of rotatable bonds is 5. The molecular formula is C18H21F3N2O3S. The highest BCUT2D eigenvalue weighted by Gasteiger charge is 2.53. The van der Waals surface area contributed by atoms with Crippen molar-refractivity contribution in [1.29, 1.82) is 0 Å². The van der Waals surface area contributed by atoms with E-state index in [9.17, 15) is 22.8 Å². The zero-order valence-corrected chi connectivity index (χ0v) is 15.9. The Morgan fingerprint density at radius 3 is 2.85 bits per heavy atom. The number of nitrogens with one attached hydrogen (secondary N) is 1. The number of thioether (sulfide) groups is 1. The standard InChI is InChI=1S/C18H21F3N2O3S/c1-3-8-26-14-5-4-11(18(19,20)21)9-12(14)22-16(25)13-10-27-17(2)7-6-15(24)23(13)17/h4-5,9,13H,3,6-8,10H2,1-2H3,(H,22,25)/t13-,17-/m0/s1. The van der Waals surface area contributed by atoms with Crippen LogP contribution in [0, 0.1) is 0 Å². The number of ether oxygens (including phenoxy) is 1. The van der Waals surface area contributed by atoms with Gasteiger partial charge >= 0.3 is 6.18 Å². The van der Waals surface area contributed by atoms with Crippen molar-refractivity contribution in [3.63, 3.8) is 0 Å². The number of hydrogen-bond donors (Lipinski definition) is 1. The van der Waals surface area contributed by atoms with Crippen molar-refractivity contribution >= 4 is 29.3 Å². The summed E-state index contributed by atoms with van der Waals surface area (Å²) in [6.45, 7) is 4.10. The van der Waals surface area contributed by atoms with E-state index in [4.69, 9.17) is 4.74 Å². The first-order valence-electron chi connectivity index (χ1n) is 8.77. The lowest BCUT2D eigenvalue weighted by Gasteiger charge is -2.30. The van der Waals surface area contributed by atoms with E-state index in [0.29, 0.717) is 31.6 Å². The fraction of sp³-hybridized carbons (Fsp3) is 0.556. The Bertz CT molecular complexity index is 756. The molecule has 1 N–H and O–H groups in total. The molecule has 148 valence electrons. The van der Waals surface area contributed by atoms with E-state index in [1.165, 1.54) is 17.8 Å². The number of amides is 2. The number of benzene rings is 1. The first-order valence-corrected chi connectivity index (χ1v) is 9.75. The number of carbonyl (C=O) groups excluding carboxylic acids is 2. The molecule has 2 aliphatic rings. The molecule has 2 heterocycles. The normalized spacial score (nSPS) is 24.9. The monoisotopic (exact) mass is 402 g/mol. The largest absolute Gasteiger partial charge is 0.491 e. The van der Waals surface area contributed by atoms with Gasteiger partial charge in [0.15, 0.2) is 0 Å². The SMILES string of the molecule is CCCOc1ccc(C(F)(F)F)cc1NC(=O)[C@@H]1CS[C@@]2(C)CCC(=O)N12. The lowest BCUT2D eigenvalue weighted by molar-refractivity contribution is -0.137. The van der Waals surface area contributed by atoms with Gasteiger partial charge in [0, 0.05) is 12.2 Å². The minimum Gasteiger partial charge on any atom is -0.491 e. The van der Waals surface area contributed by atoms with Gasteiger partial charge in [0.05, 0.1) is 22.7 Å². The molecule has 2 aliphatic heterocycles. The fourth-order valence-corrected chi connectivity index (χ4v) is 4.80. The number of nitrogens with zero attached hydrogens (tertiary/aromatic N) is 1. The zero-order valence-electron chi connectivity index (χ0n) is 15.1. The van der Waals surface area contributed by atoms with Crippen molar-refractivity contribution in [2.24, 2.45) is 0 Å². The maximum absolute atomic E-state index is 13.1. The first-order chi connectivity index (χ1) is 12.7. The van der Waals surface area contributed by atoms with Crippen molar-refractivity contribution < 1.29 is 27.5 Å². The molecule has 0 unspecified atom stereocenters. The Labute approximate surface area is 159 Å². The lowest BCUT2D eigenvalue weighted by Crippen LogP contribution is -2.48. The molecule has 2 atom stereocenters. The third-order valence-corrected chi connectivity index (χ3v) is 6.28. The molecule has 1 aromatic carbocycles.